The molecule has 0 saturated carbocycles. The van der Waals surface area contributed by atoms with Gasteiger partial charge in [-0.3, -0.25) is 9.59 Å². The van der Waals surface area contributed by atoms with E-state index in [-0.39, 0.29) is 27.5 Å². The first kappa shape index (κ1) is 19.2. The predicted octanol–water partition coefficient (Wildman–Crippen LogP) is 4.33. The summed E-state index contributed by atoms with van der Waals surface area (Å²) < 4.78 is 21.0. The number of carbonyl (C=O) groups excluding carboxylic acids is 2. The first-order chi connectivity index (χ1) is 14.9. The Morgan fingerprint density at radius 2 is 1.90 bits per heavy atom. The van der Waals surface area contributed by atoms with Crippen LogP contribution in [0.5, 0.6) is 5.75 Å². The van der Waals surface area contributed by atoms with Gasteiger partial charge in [-0.05, 0) is 37.3 Å². The van der Waals surface area contributed by atoms with Crippen LogP contribution in [-0.4, -0.2) is 33.7 Å². The lowest BCUT2D eigenvalue weighted by atomic mass is 10.1. The van der Waals surface area contributed by atoms with Gasteiger partial charge in [-0.2, -0.15) is 5.10 Å². The molecule has 9 heteroatoms. The molecule has 1 aliphatic rings. The molecule has 0 saturated heterocycles. The number of hydrogen-bond acceptors (Lipinski definition) is 5. The fraction of sp³-hybridized carbons (Fsp3) is 0.0909. The number of hydrogen-bond donors (Lipinski definition) is 0. The summed E-state index contributed by atoms with van der Waals surface area (Å²) in [6.07, 6.45) is 1.32. The van der Waals surface area contributed by atoms with Crippen molar-refractivity contribution in [3.8, 4) is 11.4 Å². The van der Waals surface area contributed by atoms with Crippen molar-refractivity contribution >= 4 is 40.1 Å². The molecule has 2 amide bonds. The Morgan fingerprint density at radius 3 is 2.65 bits per heavy atom. The fourth-order valence-corrected chi connectivity index (χ4v) is 3.92. The smallest absolute Gasteiger partial charge is 0.267 e. The van der Waals surface area contributed by atoms with Crippen molar-refractivity contribution in [2.75, 3.05) is 12.0 Å². The molecule has 2 aromatic carbocycles. The highest BCUT2D eigenvalue weighted by Gasteiger charge is 2.40. The van der Waals surface area contributed by atoms with Crippen LogP contribution in [0.15, 0.2) is 48.7 Å². The van der Waals surface area contributed by atoms with Gasteiger partial charge in [-0.15, -0.1) is 0 Å². The van der Waals surface area contributed by atoms with E-state index in [1.165, 1.54) is 36.2 Å². The summed E-state index contributed by atoms with van der Waals surface area (Å²) >= 11 is 5.85. The molecule has 0 aliphatic carbocycles. The Kier molecular flexibility index (Phi) is 4.26. The number of nitrogens with zero attached hydrogens (tertiary/aromatic N) is 4. The molecule has 0 N–H and O–H groups in total. The van der Waals surface area contributed by atoms with Crippen molar-refractivity contribution < 1.29 is 18.7 Å². The SMILES string of the molecule is COc1cccc(N2C(=O)c3cnc4c(c(C)nn4-c4ccc(Cl)cc4F)c3C2=O)c1. The van der Waals surface area contributed by atoms with Crippen LogP contribution in [0, 0.1) is 12.7 Å². The summed E-state index contributed by atoms with van der Waals surface area (Å²) in [7, 11) is 1.50. The zero-order valence-corrected chi connectivity index (χ0v) is 17.1. The number of halogens is 2. The molecule has 2 aromatic heterocycles. The summed E-state index contributed by atoms with van der Waals surface area (Å²) in [5.41, 5.74) is 1.59. The molecular weight excluding hydrogens is 423 g/mol. The van der Waals surface area contributed by atoms with Crippen molar-refractivity contribution in [3.63, 3.8) is 0 Å². The Balaban J connectivity index is 1.71. The van der Waals surface area contributed by atoms with Gasteiger partial charge >= 0.3 is 0 Å². The minimum absolute atomic E-state index is 0.136. The molecule has 0 radical (unpaired) electrons. The fourth-order valence-electron chi connectivity index (χ4n) is 3.77. The molecule has 0 atom stereocenters. The van der Waals surface area contributed by atoms with E-state index < -0.39 is 17.6 Å². The van der Waals surface area contributed by atoms with Crippen LogP contribution in [0.2, 0.25) is 5.02 Å². The quantitative estimate of drug-likeness (QED) is 0.447. The first-order valence-electron chi connectivity index (χ1n) is 9.27. The largest absolute Gasteiger partial charge is 0.497 e. The van der Waals surface area contributed by atoms with E-state index in [4.69, 9.17) is 16.3 Å². The van der Waals surface area contributed by atoms with E-state index in [9.17, 15) is 14.0 Å². The number of aryl methyl sites for hydroxylation is 1. The van der Waals surface area contributed by atoms with Gasteiger partial charge in [0.05, 0.1) is 35.0 Å². The molecule has 3 heterocycles. The summed E-state index contributed by atoms with van der Waals surface area (Å²) in [5.74, 6) is -1.06. The van der Waals surface area contributed by atoms with E-state index in [1.54, 1.807) is 31.2 Å². The lowest BCUT2D eigenvalue weighted by molar-refractivity contribution is 0.0926. The number of carbonyl (C=O) groups is 2. The lowest BCUT2D eigenvalue weighted by Crippen LogP contribution is -2.29. The molecule has 7 nitrogen and oxygen atoms in total. The number of pyridine rings is 1. The zero-order valence-electron chi connectivity index (χ0n) is 16.4. The number of fused-ring (bicyclic) bond motifs is 3. The van der Waals surface area contributed by atoms with E-state index >= 15 is 0 Å². The van der Waals surface area contributed by atoms with Gasteiger partial charge in [-0.1, -0.05) is 17.7 Å². The maximum atomic E-state index is 14.5. The molecule has 4 aromatic rings. The topological polar surface area (TPSA) is 77.3 Å². The highest BCUT2D eigenvalue weighted by Crippen LogP contribution is 2.35. The monoisotopic (exact) mass is 436 g/mol. The second-order valence-electron chi connectivity index (χ2n) is 6.99. The van der Waals surface area contributed by atoms with Crippen LogP contribution >= 0.6 is 11.6 Å². The third-order valence-electron chi connectivity index (χ3n) is 5.17. The van der Waals surface area contributed by atoms with Crippen LogP contribution in [0.25, 0.3) is 16.7 Å². The van der Waals surface area contributed by atoms with Gasteiger partial charge < -0.3 is 4.74 Å². The van der Waals surface area contributed by atoms with Crippen molar-refractivity contribution in [2.45, 2.75) is 6.92 Å². The van der Waals surface area contributed by atoms with E-state index in [0.29, 0.717) is 22.5 Å². The normalized spacial score (nSPS) is 13.2. The highest BCUT2D eigenvalue weighted by molar-refractivity contribution is 6.37. The highest BCUT2D eigenvalue weighted by atomic mass is 35.5. The maximum absolute atomic E-state index is 14.5. The Labute approximate surface area is 180 Å². The van der Waals surface area contributed by atoms with Gasteiger partial charge in [0.1, 0.15) is 17.3 Å². The number of benzene rings is 2. The summed E-state index contributed by atoms with van der Waals surface area (Å²) in [5, 5.41) is 5.03. The van der Waals surface area contributed by atoms with Crippen LogP contribution < -0.4 is 9.64 Å². The van der Waals surface area contributed by atoms with Gasteiger partial charge in [0.2, 0.25) is 0 Å². The van der Waals surface area contributed by atoms with E-state index in [0.717, 1.165) is 4.90 Å². The third kappa shape index (κ3) is 2.79. The van der Waals surface area contributed by atoms with Crippen LogP contribution in [0.4, 0.5) is 10.1 Å². The van der Waals surface area contributed by atoms with E-state index in [2.05, 4.69) is 10.1 Å². The first-order valence-corrected chi connectivity index (χ1v) is 9.65. The maximum Gasteiger partial charge on any atom is 0.267 e. The third-order valence-corrected chi connectivity index (χ3v) is 5.41. The van der Waals surface area contributed by atoms with Gasteiger partial charge in [0.15, 0.2) is 5.65 Å². The van der Waals surface area contributed by atoms with Crippen molar-refractivity contribution in [1.82, 2.24) is 14.8 Å². The van der Waals surface area contributed by atoms with Crippen molar-refractivity contribution in [2.24, 2.45) is 0 Å². The molecule has 31 heavy (non-hydrogen) atoms. The standard InChI is InChI=1S/C22H14ClFN4O3/c1-11-18-19-15(21(29)27(22(19)30)13-4-3-5-14(9-13)31-2)10-25-20(18)28(26-11)17-7-6-12(23)8-16(17)24/h3-10H,1-2H3. The molecule has 154 valence electrons. The summed E-state index contributed by atoms with van der Waals surface area (Å²) in [6, 6.07) is 10.9. The molecular formula is C22H14ClFN4O3. The zero-order chi connectivity index (χ0) is 21.9. The number of aromatic nitrogens is 3. The predicted molar refractivity (Wildman–Crippen MR) is 113 cm³/mol. The minimum atomic E-state index is -0.584. The summed E-state index contributed by atoms with van der Waals surface area (Å²) in [6.45, 7) is 1.68. The number of anilines is 1. The second-order valence-corrected chi connectivity index (χ2v) is 7.42. The van der Waals surface area contributed by atoms with Crippen LogP contribution in [0.3, 0.4) is 0 Å². The molecule has 0 bridgehead atoms. The number of rotatable bonds is 3. The summed E-state index contributed by atoms with van der Waals surface area (Å²) in [4.78, 5) is 31.8. The molecule has 0 fully saturated rings. The van der Waals surface area contributed by atoms with Crippen LogP contribution in [-0.2, 0) is 0 Å². The van der Waals surface area contributed by atoms with Crippen LogP contribution in [0.1, 0.15) is 26.4 Å². The van der Waals surface area contributed by atoms with Crippen molar-refractivity contribution in [1.29, 1.82) is 0 Å². The Hall–Kier alpha value is -3.78. The lowest BCUT2D eigenvalue weighted by Gasteiger charge is -2.14. The minimum Gasteiger partial charge on any atom is -0.497 e. The molecule has 0 spiro atoms. The van der Waals surface area contributed by atoms with E-state index in [1.807, 2.05) is 0 Å². The number of ether oxygens (including phenoxy) is 1. The average Bonchev–Trinajstić information content (AvgIpc) is 3.22. The second kappa shape index (κ2) is 6.88. The number of methoxy groups -OCH3 is 1. The van der Waals surface area contributed by atoms with Crippen molar-refractivity contribution in [3.05, 3.63) is 76.3 Å². The average molecular weight is 437 g/mol. The number of imide groups is 1. The molecule has 5 rings (SSSR count). The molecule has 1 aliphatic heterocycles. The van der Waals surface area contributed by atoms with Gasteiger partial charge in [0, 0.05) is 17.3 Å². The Morgan fingerprint density at radius 1 is 1.10 bits per heavy atom. The van der Waals surface area contributed by atoms with Gasteiger partial charge in [-0.25, -0.2) is 19.0 Å². The molecule has 0 unspecified atom stereocenters. The number of amides is 2. The van der Waals surface area contributed by atoms with Gasteiger partial charge in [0.25, 0.3) is 11.8 Å². The Bertz CT molecular complexity index is 1420.